The van der Waals surface area contributed by atoms with Crippen LogP contribution >= 0.6 is 11.8 Å². The Bertz CT molecular complexity index is 389. The molecule has 3 aliphatic heterocycles. The van der Waals surface area contributed by atoms with Crippen LogP contribution in [0.4, 0.5) is 0 Å². The molecule has 0 bridgehead atoms. The third-order valence-electron chi connectivity index (χ3n) is 4.98. The first kappa shape index (κ1) is 16.6. The lowest BCUT2D eigenvalue weighted by molar-refractivity contribution is -0.137. The molecule has 3 aliphatic rings. The van der Waals surface area contributed by atoms with Crippen molar-refractivity contribution in [2.45, 2.75) is 50.4 Å². The number of ether oxygens (including phenoxy) is 2. The number of thioether (sulfide) groups is 1. The summed E-state index contributed by atoms with van der Waals surface area (Å²) in [5.41, 5.74) is 0. The van der Waals surface area contributed by atoms with Crippen LogP contribution in [-0.2, 0) is 14.3 Å². The third kappa shape index (κ3) is 3.98. The lowest BCUT2D eigenvalue weighted by Gasteiger charge is -2.47. The average molecular weight is 327 g/mol. The molecule has 5 heteroatoms. The summed E-state index contributed by atoms with van der Waals surface area (Å²) in [6, 6.07) is 0. The summed E-state index contributed by atoms with van der Waals surface area (Å²) < 4.78 is 11.8. The maximum Gasteiger partial charge on any atom is 0.222 e. The molecule has 1 amide bonds. The van der Waals surface area contributed by atoms with E-state index in [0.29, 0.717) is 35.0 Å². The van der Waals surface area contributed by atoms with Gasteiger partial charge in [0.25, 0.3) is 0 Å². The van der Waals surface area contributed by atoms with E-state index in [-0.39, 0.29) is 0 Å². The Balaban J connectivity index is 1.37. The summed E-state index contributed by atoms with van der Waals surface area (Å²) in [5, 5.41) is 0. The fraction of sp³-hybridized carbons (Fsp3) is 0.941. The smallest absolute Gasteiger partial charge is 0.222 e. The van der Waals surface area contributed by atoms with Crippen LogP contribution < -0.4 is 0 Å². The van der Waals surface area contributed by atoms with E-state index in [4.69, 9.17) is 9.47 Å². The van der Waals surface area contributed by atoms with E-state index in [1.165, 1.54) is 0 Å². The molecule has 0 saturated carbocycles. The van der Waals surface area contributed by atoms with Crippen molar-refractivity contribution in [3.05, 3.63) is 0 Å². The van der Waals surface area contributed by atoms with Crippen molar-refractivity contribution in [3.63, 3.8) is 0 Å². The number of nitrogens with zero attached hydrogens (tertiary/aromatic N) is 1. The first-order chi connectivity index (χ1) is 10.6. The fourth-order valence-electron chi connectivity index (χ4n) is 3.62. The third-order valence-corrected chi connectivity index (χ3v) is 6.55. The zero-order chi connectivity index (χ0) is 15.6. The van der Waals surface area contributed by atoms with E-state index in [9.17, 15) is 4.79 Å². The number of amides is 1. The van der Waals surface area contributed by atoms with Gasteiger partial charge in [-0.1, -0.05) is 13.8 Å². The number of hydrogen-bond donors (Lipinski definition) is 0. The Morgan fingerprint density at radius 3 is 2.77 bits per heavy atom. The van der Waals surface area contributed by atoms with E-state index in [2.05, 4.69) is 13.8 Å². The second-order valence-corrected chi connectivity index (χ2v) is 9.05. The topological polar surface area (TPSA) is 38.8 Å². The summed E-state index contributed by atoms with van der Waals surface area (Å²) in [5.74, 6) is 2.56. The molecule has 3 heterocycles. The molecule has 0 radical (unpaired) electrons. The molecule has 0 aromatic carbocycles. The fourth-order valence-corrected chi connectivity index (χ4v) is 5.17. The van der Waals surface area contributed by atoms with E-state index in [0.717, 1.165) is 57.9 Å². The van der Waals surface area contributed by atoms with Gasteiger partial charge in [-0.3, -0.25) is 4.79 Å². The SMILES string of the molecule is CC(C)CC(=O)N1CC2(C[C@H](OCC3CCOCC3)CS2)C1. The van der Waals surface area contributed by atoms with Crippen LogP contribution in [-0.4, -0.2) is 60.3 Å². The van der Waals surface area contributed by atoms with E-state index < -0.39 is 0 Å². The molecular formula is C17H29NO3S. The van der Waals surface area contributed by atoms with Gasteiger partial charge in [-0.05, 0) is 31.1 Å². The quantitative estimate of drug-likeness (QED) is 0.778. The van der Waals surface area contributed by atoms with Crippen LogP contribution in [0.15, 0.2) is 0 Å². The second kappa shape index (κ2) is 7.10. The Hall–Kier alpha value is -0.260. The number of carbonyl (C=O) groups excluding carboxylic acids is 1. The van der Waals surface area contributed by atoms with Crippen molar-refractivity contribution >= 4 is 17.7 Å². The Morgan fingerprint density at radius 1 is 1.36 bits per heavy atom. The molecule has 0 aromatic rings. The zero-order valence-electron chi connectivity index (χ0n) is 13.9. The van der Waals surface area contributed by atoms with E-state index in [1.807, 2.05) is 16.7 Å². The molecule has 0 aliphatic carbocycles. The van der Waals surface area contributed by atoms with Gasteiger partial charge in [0.05, 0.1) is 10.9 Å². The molecule has 4 nitrogen and oxygen atoms in total. The number of likely N-dealkylation sites (tertiary alicyclic amines) is 1. The van der Waals surface area contributed by atoms with Crippen LogP contribution in [0, 0.1) is 11.8 Å². The van der Waals surface area contributed by atoms with Gasteiger partial charge in [0.15, 0.2) is 0 Å². The van der Waals surface area contributed by atoms with Crippen LogP contribution in [0.2, 0.25) is 0 Å². The van der Waals surface area contributed by atoms with Gasteiger partial charge in [0.1, 0.15) is 0 Å². The van der Waals surface area contributed by atoms with Crippen molar-refractivity contribution in [1.29, 1.82) is 0 Å². The minimum Gasteiger partial charge on any atom is -0.381 e. The zero-order valence-corrected chi connectivity index (χ0v) is 14.7. The highest BCUT2D eigenvalue weighted by Crippen LogP contribution is 2.46. The van der Waals surface area contributed by atoms with Crippen LogP contribution in [0.25, 0.3) is 0 Å². The standard InChI is InChI=1S/C17H29NO3S/c1-13(2)7-16(19)18-11-17(12-18)8-15(10-22-17)21-9-14-3-5-20-6-4-14/h13-15H,3-12H2,1-2H3/t15-/m0/s1. The van der Waals surface area contributed by atoms with Gasteiger partial charge in [-0.15, -0.1) is 11.8 Å². The van der Waals surface area contributed by atoms with E-state index in [1.54, 1.807) is 0 Å². The minimum absolute atomic E-state index is 0.299. The molecule has 3 fully saturated rings. The summed E-state index contributed by atoms with van der Waals surface area (Å²) >= 11 is 2.02. The summed E-state index contributed by atoms with van der Waals surface area (Å²) in [7, 11) is 0. The first-order valence-corrected chi connectivity index (χ1v) is 9.66. The Labute approximate surface area is 138 Å². The molecule has 126 valence electrons. The lowest BCUT2D eigenvalue weighted by atomic mass is 9.92. The van der Waals surface area contributed by atoms with Crippen molar-refractivity contribution < 1.29 is 14.3 Å². The molecule has 0 unspecified atom stereocenters. The highest BCUT2D eigenvalue weighted by Gasteiger charge is 2.50. The summed E-state index contributed by atoms with van der Waals surface area (Å²) in [4.78, 5) is 14.1. The highest BCUT2D eigenvalue weighted by molar-refractivity contribution is 8.01. The molecule has 1 atom stereocenters. The first-order valence-electron chi connectivity index (χ1n) is 8.67. The van der Waals surface area contributed by atoms with E-state index >= 15 is 0 Å². The molecule has 1 spiro atoms. The van der Waals surface area contributed by atoms with Crippen LogP contribution in [0.1, 0.15) is 39.5 Å². The normalized spacial score (nSPS) is 28.3. The largest absolute Gasteiger partial charge is 0.381 e. The maximum absolute atomic E-state index is 12.1. The summed E-state index contributed by atoms with van der Waals surface area (Å²) in [6.07, 6.45) is 4.47. The molecule has 3 saturated heterocycles. The van der Waals surface area contributed by atoms with Crippen LogP contribution in [0.5, 0.6) is 0 Å². The van der Waals surface area contributed by atoms with Gasteiger partial charge in [0.2, 0.25) is 5.91 Å². The predicted molar refractivity (Wildman–Crippen MR) is 89.1 cm³/mol. The van der Waals surface area contributed by atoms with Gasteiger partial charge < -0.3 is 14.4 Å². The molecule has 0 aromatic heterocycles. The molecule has 0 N–H and O–H groups in total. The van der Waals surface area contributed by atoms with Crippen molar-refractivity contribution in [2.75, 3.05) is 38.7 Å². The maximum atomic E-state index is 12.1. The van der Waals surface area contributed by atoms with Crippen molar-refractivity contribution in [2.24, 2.45) is 11.8 Å². The number of rotatable bonds is 5. The lowest BCUT2D eigenvalue weighted by Crippen LogP contribution is -2.60. The van der Waals surface area contributed by atoms with Gasteiger partial charge in [-0.2, -0.15) is 0 Å². The molecule has 3 rings (SSSR count). The highest BCUT2D eigenvalue weighted by atomic mass is 32.2. The predicted octanol–water partition coefficient (Wildman–Crippen LogP) is 2.56. The van der Waals surface area contributed by atoms with Crippen molar-refractivity contribution in [3.8, 4) is 0 Å². The summed E-state index contributed by atoms with van der Waals surface area (Å²) in [6.45, 7) is 8.76. The average Bonchev–Trinajstić information content (AvgIpc) is 2.88. The van der Waals surface area contributed by atoms with Crippen molar-refractivity contribution in [1.82, 2.24) is 4.90 Å². The monoisotopic (exact) mass is 327 g/mol. The number of carbonyl (C=O) groups is 1. The second-order valence-electron chi connectivity index (χ2n) is 7.56. The minimum atomic E-state index is 0.299. The van der Waals surface area contributed by atoms with Crippen LogP contribution in [0.3, 0.4) is 0 Å². The van der Waals surface area contributed by atoms with Gasteiger partial charge in [-0.25, -0.2) is 0 Å². The molecular weight excluding hydrogens is 298 g/mol. The van der Waals surface area contributed by atoms with Gasteiger partial charge >= 0.3 is 0 Å². The Morgan fingerprint density at radius 2 is 2.09 bits per heavy atom. The van der Waals surface area contributed by atoms with Gasteiger partial charge in [0, 0.05) is 45.1 Å². The molecule has 22 heavy (non-hydrogen) atoms. The number of hydrogen-bond acceptors (Lipinski definition) is 4. The Kier molecular flexibility index (Phi) is 5.35.